The van der Waals surface area contributed by atoms with E-state index in [4.69, 9.17) is 4.42 Å². The van der Waals surface area contributed by atoms with Gasteiger partial charge in [-0.25, -0.2) is 0 Å². The number of hydrogen-bond donors (Lipinski definition) is 1. The standard InChI is InChI=1S/C11H16N2O2/c1-8(14)12-11-6-5-10(15-11)9-4-3-7-13(9)2/h5-6,9H,3-4,7H2,1-2H3,(H,12,14)/t9-/m0/s1. The van der Waals surface area contributed by atoms with Gasteiger partial charge in [-0.05, 0) is 32.5 Å². The van der Waals surface area contributed by atoms with Crippen LogP contribution in [-0.2, 0) is 4.79 Å². The number of hydrogen-bond acceptors (Lipinski definition) is 3. The Morgan fingerprint density at radius 1 is 1.60 bits per heavy atom. The molecule has 2 rings (SSSR count). The van der Waals surface area contributed by atoms with Crippen molar-refractivity contribution in [2.24, 2.45) is 0 Å². The molecule has 0 unspecified atom stereocenters. The number of nitrogens with zero attached hydrogens (tertiary/aromatic N) is 1. The molecule has 0 aliphatic carbocycles. The highest BCUT2D eigenvalue weighted by molar-refractivity contribution is 5.87. The Morgan fingerprint density at radius 2 is 2.40 bits per heavy atom. The van der Waals surface area contributed by atoms with Crippen LogP contribution in [0.4, 0.5) is 5.88 Å². The third-order valence-electron chi connectivity index (χ3n) is 2.77. The van der Waals surface area contributed by atoms with Crippen LogP contribution in [0.5, 0.6) is 0 Å². The van der Waals surface area contributed by atoms with Crippen molar-refractivity contribution in [1.82, 2.24) is 4.90 Å². The van der Waals surface area contributed by atoms with Crippen LogP contribution >= 0.6 is 0 Å². The monoisotopic (exact) mass is 208 g/mol. The largest absolute Gasteiger partial charge is 0.444 e. The molecule has 0 radical (unpaired) electrons. The molecule has 0 bridgehead atoms. The second kappa shape index (κ2) is 4.06. The summed E-state index contributed by atoms with van der Waals surface area (Å²) in [6, 6.07) is 4.12. The van der Waals surface area contributed by atoms with Gasteiger partial charge in [-0.3, -0.25) is 15.0 Å². The van der Waals surface area contributed by atoms with Crippen molar-refractivity contribution in [3.8, 4) is 0 Å². The zero-order chi connectivity index (χ0) is 10.8. The summed E-state index contributed by atoms with van der Waals surface area (Å²) < 4.78 is 5.58. The lowest BCUT2D eigenvalue weighted by atomic mass is 10.2. The Bertz CT molecular complexity index is 359. The summed E-state index contributed by atoms with van der Waals surface area (Å²) in [5, 5.41) is 2.64. The summed E-state index contributed by atoms with van der Waals surface area (Å²) in [5.74, 6) is 1.38. The number of anilines is 1. The maximum Gasteiger partial charge on any atom is 0.223 e. The van der Waals surface area contributed by atoms with Crippen LogP contribution in [0.15, 0.2) is 16.5 Å². The summed E-state index contributed by atoms with van der Waals surface area (Å²) in [6.07, 6.45) is 2.33. The Labute approximate surface area is 89.2 Å². The lowest BCUT2D eigenvalue weighted by molar-refractivity contribution is -0.114. The summed E-state index contributed by atoms with van der Waals surface area (Å²) >= 11 is 0. The topological polar surface area (TPSA) is 45.5 Å². The number of furan rings is 1. The van der Waals surface area contributed by atoms with Crippen molar-refractivity contribution in [3.63, 3.8) is 0 Å². The third kappa shape index (κ3) is 2.21. The minimum atomic E-state index is -0.101. The third-order valence-corrected chi connectivity index (χ3v) is 2.77. The molecule has 1 aliphatic heterocycles. The first-order valence-corrected chi connectivity index (χ1v) is 5.24. The number of nitrogens with one attached hydrogen (secondary N) is 1. The van der Waals surface area contributed by atoms with Crippen LogP contribution in [0.1, 0.15) is 31.6 Å². The molecule has 15 heavy (non-hydrogen) atoms. The molecule has 1 aliphatic rings. The van der Waals surface area contributed by atoms with E-state index in [1.807, 2.05) is 12.1 Å². The smallest absolute Gasteiger partial charge is 0.223 e. The van der Waals surface area contributed by atoms with Crippen molar-refractivity contribution in [1.29, 1.82) is 0 Å². The zero-order valence-corrected chi connectivity index (χ0v) is 9.12. The van der Waals surface area contributed by atoms with E-state index in [9.17, 15) is 4.79 Å². The summed E-state index contributed by atoms with van der Waals surface area (Å²) in [4.78, 5) is 13.1. The highest BCUT2D eigenvalue weighted by Gasteiger charge is 2.25. The minimum Gasteiger partial charge on any atom is -0.444 e. The van der Waals surface area contributed by atoms with Gasteiger partial charge in [0, 0.05) is 13.0 Å². The van der Waals surface area contributed by atoms with E-state index in [1.165, 1.54) is 13.3 Å². The predicted octanol–water partition coefficient (Wildman–Crippen LogP) is 2.00. The maximum atomic E-state index is 10.8. The normalized spacial score (nSPS) is 21.9. The van der Waals surface area contributed by atoms with Crippen molar-refractivity contribution in [2.45, 2.75) is 25.8 Å². The van der Waals surface area contributed by atoms with E-state index in [1.54, 1.807) is 0 Å². The van der Waals surface area contributed by atoms with E-state index >= 15 is 0 Å². The number of rotatable bonds is 2. The molecule has 0 spiro atoms. The number of carbonyl (C=O) groups is 1. The first-order chi connectivity index (χ1) is 7.16. The molecule has 2 heterocycles. The second-order valence-electron chi connectivity index (χ2n) is 4.02. The average molecular weight is 208 g/mol. The molecule has 82 valence electrons. The van der Waals surface area contributed by atoms with Crippen LogP contribution in [0, 0.1) is 0 Å². The average Bonchev–Trinajstić information content (AvgIpc) is 2.72. The summed E-state index contributed by atoms with van der Waals surface area (Å²) in [5.41, 5.74) is 0. The summed E-state index contributed by atoms with van der Waals surface area (Å²) in [6.45, 7) is 2.59. The van der Waals surface area contributed by atoms with Gasteiger partial charge in [-0.2, -0.15) is 0 Å². The van der Waals surface area contributed by atoms with Gasteiger partial charge in [0.15, 0.2) is 5.88 Å². The van der Waals surface area contributed by atoms with Crippen LogP contribution in [0.25, 0.3) is 0 Å². The first-order valence-electron chi connectivity index (χ1n) is 5.24. The van der Waals surface area contributed by atoms with E-state index in [0.717, 1.165) is 18.7 Å². The highest BCUT2D eigenvalue weighted by Crippen LogP contribution is 2.32. The number of likely N-dealkylation sites (tertiary alicyclic amines) is 1. The molecular formula is C11H16N2O2. The Morgan fingerprint density at radius 3 is 3.00 bits per heavy atom. The van der Waals surface area contributed by atoms with Crippen molar-refractivity contribution in [2.75, 3.05) is 18.9 Å². The molecule has 4 heteroatoms. The molecular weight excluding hydrogens is 192 g/mol. The molecule has 1 aromatic rings. The van der Waals surface area contributed by atoms with Gasteiger partial charge in [-0.1, -0.05) is 0 Å². The van der Waals surface area contributed by atoms with Gasteiger partial charge >= 0.3 is 0 Å². The fourth-order valence-corrected chi connectivity index (χ4v) is 2.04. The van der Waals surface area contributed by atoms with Crippen molar-refractivity contribution >= 4 is 11.8 Å². The van der Waals surface area contributed by atoms with Gasteiger partial charge in [-0.15, -0.1) is 0 Å². The Hall–Kier alpha value is -1.29. The maximum absolute atomic E-state index is 10.8. The Balaban J connectivity index is 2.09. The lowest BCUT2D eigenvalue weighted by Crippen LogP contribution is -2.16. The molecule has 0 aromatic carbocycles. The van der Waals surface area contributed by atoms with E-state index in [0.29, 0.717) is 11.9 Å². The predicted molar refractivity (Wildman–Crippen MR) is 57.6 cm³/mol. The molecule has 1 fully saturated rings. The lowest BCUT2D eigenvalue weighted by Gasteiger charge is -2.16. The number of carbonyl (C=O) groups excluding carboxylic acids is 1. The quantitative estimate of drug-likeness (QED) is 0.808. The number of amides is 1. The molecule has 1 saturated heterocycles. The van der Waals surface area contributed by atoms with Gasteiger partial charge in [0.2, 0.25) is 5.91 Å². The molecule has 1 aromatic heterocycles. The van der Waals surface area contributed by atoms with Crippen molar-refractivity contribution < 1.29 is 9.21 Å². The van der Waals surface area contributed by atoms with E-state index in [2.05, 4.69) is 17.3 Å². The minimum absolute atomic E-state index is 0.101. The Kier molecular flexibility index (Phi) is 2.77. The van der Waals surface area contributed by atoms with Crippen LogP contribution in [0.3, 0.4) is 0 Å². The fraction of sp³-hybridized carbons (Fsp3) is 0.545. The van der Waals surface area contributed by atoms with E-state index < -0.39 is 0 Å². The van der Waals surface area contributed by atoms with Gasteiger partial charge in [0.25, 0.3) is 0 Å². The molecule has 4 nitrogen and oxygen atoms in total. The molecule has 1 N–H and O–H groups in total. The van der Waals surface area contributed by atoms with Gasteiger partial charge in [0.05, 0.1) is 6.04 Å². The van der Waals surface area contributed by atoms with Gasteiger partial charge in [0.1, 0.15) is 5.76 Å². The molecule has 1 atom stereocenters. The van der Waals surface area contributed by atoms with Gasteiger partial charge < -0.3 is 4.42 Å². The second-order valence-corrected chi connectivity index (χ2v) is 4.02. The van der Waals surface area contributed by atoms with E-state index in [-0.39, 0.29) is 5.91 Å². The molecule has 1 amide bonds. The first kappa shape index (κ1) is 10.2. The fourth-order valence-electron chi connectivity index (χ4n) is 2.04. The zero-order valence-electron chi connectivity index (χ0n) is 9.12. The SMILES string of the molecule is CC(=O)Nc1ccc([C@@H]2CCCN2C)o1. The van der Waals surface area contributed by atoms with Crippen LogP contribution < -0.4 is 5.32 Å². The molecule has 0 saturated carbocycles. The van der Waals surface area contributed by atoms with Crippen LogP contribution in [0.2, 0.25) is 0 Å². The van der Waals surface area contributed by atoms with Crippen LogP contribution in [-0.4, -0.2) is 24.4 Å². The highest BCUT2D eigenvalue weighted by atomic mass is 16.4. The van der Waals surface area contributed by atoms with Crippen molar-refractivity contribution in [3.05, 3.63) is 17.9 Å². The summed E-state index contributed by atoms with van der Waals surface area (Å²) in [7, 11) is 2.10.